The first-order valence-corrected chi connectivity index (χ1v) is 9.98. The maximum absolute atomic E-state index is 10.9. The van der Waals surface area contributed by atoms with Crippen LogP contribution in [0.3, 0.4) is 0 Å². The van der Waals surface area contributed by atoms with Crippen molar-refractivity contribution >= 4 is 0 Å². The van der Waals surface area contributed by atoms with Crippen LogP contribution in [0.1, 0.15) is 48.6 Å². The molecule has 1 saturated heterocycles. The number of methoxy groups -OCH3 is 1. The van der Waals surface area contributed by atoms with E-state index in [4.69, 9.17) is 4.74 Å². The van der Waals surface area contributed by atoms with Crippen LogP contribution in [0, 0.1) is 19.8 Å². The molecule has 1 N–H and O–H groups in total. The Labute approximate surface area is 161 Å². The third-order valence-corrected chi connectivity index (χ3v) is 5.92. The third-order valence-electron chi connectivity index (χ3n) is 5.92. The molecule has 2 aliphatic rings. The lowest BCUT2D eigenvalue weighted by Gasteiger charge is -2.35. The fourth-order valence-corrected chi connectivity index (χ4v) is 4.22. The highest BCUT2D eigenvalue weighted by atomic mass is 16.5. The van der Waals surface area contributed by atoms with Crippen molar-refractivity contribution in [1.82, 2.24) is 15.1 Å². The smallest absolute Gasteiger partial charge is 0.128 e. The number of nitrogens with zero attached hydrogens (tertiary/aromatic N) is 3. The van der Waals surface area contributed by atoms with Crippen molar-refractivity contribution in [1.29, 1.82) is 0 Å². The van der Waals surface area contributed by atoms with E-state index >= 15 is 0 Å². The molecular weight excluding hydrogens is 338 g/mol. The molecule has 2 heterocycles. The SMILES string of the molecule is COc1cc(C)ccc1-c1nnc([C@H](O)C2CCCN(C3CC3)C2)cc1C. The van der Waals surface area contributed by atoms with Crippen molar-refractivity contribution in [3.63, 3.8) is 0 Å². The van der Waals surface area contributed by atoms with Crippen molar-refractivity contribution < 1.29 is 9.84 Å². The summed E-state index contributed by atoms with van der Waals surface area (Å²) in [6, 6.07) is 8.83. The Bertz CT molecular complexity index is 819. The number of hydrogen-bond acceptors (Lipinski definition) is 5. The molecule has 0 amide bonds. The van der Waals surface area contributed by atoms with E-state index in [2.05, 4.69) is 21.2 Å². The molecule has 1 aliphatic heterocycles. The van der Waals surface area contributed by atoms with Crippen molar-refractivity contribution in [3.8, 4) is 17.0 Å². The second-order valence-electron chi connectivity index (χ2n) is 8.08. The lowest BCUT2D eigenvalue weighted by molar-refractivity contribution is 0.0443. The fraction of sp³-hybridized carbons (Fsp3) is 0.545. The number of aryl methyl sites for hydroxylation is 2. The third kappa shape index (κ3) is 3.85. The zero-order chi connectivity index (χ0) is 19.0. The molecule has 27 heavy (non-hydrogen) atoms. The average molecular weight is 367 g/mol. The number of hydrogen-bond donors (Lipinski definition) is 1. The molecule has 1 aliphatic carbocycles. The van der Waals surface area contributed by atoms with E-state index in [0.29, 0.717) is 5.69 Å². The molecule has 1 aromatic carbocycles. The lowest BCUT2D eigenvalue weighted by Crippen LogP contribution is -2.39. The quantitative estimate of drug-likeness (QED) is 0.874. The monoisotopic (exact) mass is 367 g/mol. The van der Waals surface area contributed by atoms with E-state index in [1.54, 1.807) is 7.11 Å². The van der Waals surface area contributed by atoms with E-state index in [1.807, 2.05) is 32.0 Å². The highest BCUT2D eigenvalue weighted by Gasteiger charge is 2.35. The number of aromatic nitrogens is 2. The zero-order valence-electron chi connectivity index (χ0n) is 16.5. The summed E-state index contributed by atoms with van der Waals surface area (Å²) >= 11 is 0. The molecular formula is C22H29N3O2. The topological polar surface area (TPSA) is 58.5 Å². The van der Waals surface area contributed by atoms with Crippen molar-refractivity contribution in [3.05, 3.63) is 41.1 Å². The minimum atomic E-state index is -0.549. The summed E-state index contributed by atoms with van der Waals surface area (Å²) in [5.74, 6) is 1.04. The van der Waals surface area contributed by atoms with Crippen LogP contribution in [0.2, 0.25) is 0 Å². The van der Waals surface area contributed by atoms with Gasteiger partial charge in [-0.2, -0.15) is 5.10 Å². The van der Waals surface area contributed by atoms with Gasteiger partial charge in [-0.25, -0.2) is 0 Å². The number of aliphatic hydroxyl groups is 1. The summed E-state index contributed by atoms with van der Waals surface area (Å²) in [5.41, 5.74) is 4.59. The molecule has 2 aromatic rings. The van der Waals surface area contributed by atoms with Gasteiger partial charge >= 0.3 is 0 Å². The Morgan fingerprint density at radius 2 is 1.96 bits per heavy atom. The van der Waals surface area contributed by atoms with Gasteiger partial charge in [0.15, 0.2) is 0 Å². The summed E-state index contributed by atoms with van der Waals surface area (Å²) in [6.07, 6.45) is 4.29. The van der Waals surface area contributed by atoms with Gasteiger partial charge in [-0.3, -0.25) is 4.90 Å². The van der Waals surface area contributed by atoms with Crippen LogP contribution in [0.25, 0.3) is 11.3 Å². The van der Waals surface area contributed by atoms with Crippen molar-refractivity contribution in [2.45, 2.75) is 51.7 Å². The Kier molecular flexibility index (Phi) is 5.15. The molecule has 1 unspecified atom stereocenters. The van der Waals surface area contributed by atoms with Crippen LogP contribution in [0.15, 0.2) is 24.3 Å². The first-order valence-electron chi connectivity index (χ1n) is 9.98. The summed E-state index contributed by atoms with van der Waals surface area (Å²) in [4.78, 5) is 2.54. The van der Waals surface area contributed by atoms with E-state index in [9.17, 15) is 5.11 Å². The van der Waals surface area contributed by atoms with E-state index < -0.39 is 6.10 Å². The van der Waals surface area contributed by atoms with Crippen molar-refractivity contribution in [2.75, 3.05) is 20.2 Å². The van der Waals surface area contributed by atoms with E-state index in [-0.39, 0.29) is 5.92 Å². The van der Waals surface area contributed by atoms with Gasteiger partial charge in [0.05, 0.1) is 18.5 Å². The molecule has 0 bridgehead atoms. The fourth-order valence-electron chi connectivity index (χ4n) is 4.22. The molecule has 4 rings (SSSR count). The molecule has 0 radical (unpaired) electrons. The van der Waals surface area contributed by atoms with Crippen LogP contribution < -0.4 is 4.74 Å². The molecule has 2 atom stereocenters. The summed E-state index contributed by atoms with van der Waals surface area (Å²) in [5, 5.41) is 19.8. The van der Waals surface area contributed by atoms with Crippen molar-refractivity contribution in [2.24, 2.45) is 5.92 Å². The van der Waals surface area contributed by atoms with Gasteiger partial charge in [-0.15, -0.1) is 5.10 Å². The minimum Gasteiger partial charge on any atom is -0.496 e. The van der Waals surface area contributed by atoms with Gasteiger partial charge < -0.3 is 9.84 Å². The number of likely N-dealkylation sites (tertiary alicyclic amines) is 1. The number of rotatable bonds is 5. The van der Waals surface area contributed by atoms with E-state index in [1.165, 1.54) is 19.4 Å². The van der Waals surface area contributed by atoms with Gasteiger partial charge in [0.2, 0.25) is 0 Å². The standard InChI is InChI=1S/C22H29N3O2/c1-14-6-9-18(20(11-14)27-3)21-15(2)12-19(23-24-21)22(26)16-5-4-10-25(13-16)17-7-8-17/h6,9,11-12,16-17,22,26H,4-5,7-8,10,13H2,1-3H3/t16?,22-/m1/s1. The number of aliphatic hydroxyl groups excluding tert-OH is 1. The first-order chi connectivity index (χ1) is 13.1. The maximum atomic E-state index is 10.9. The van der Waals surface area contributed by atoms with Gasteiger partial charge in [-0.1, -0.05) is 6.07 Å². The Morgan fingerprint density at radius 3 is 2.67 bits per heavy atom. The van der Waals surface area contributed by atoms with Crippen LogP contribution in [-0.4, -0.2) is 46.4 Å². The lowest BCUT2D eigenvalue weighted by atomic mass is 9.90. The Hall–Kier alpha value is -1.98. The maximum Gasteiger partial charge on any atom is 0.128 e. The predicted molar refractivity (Wildman–Crippen MR) is 106 cm³/mol. The predicted octanol–water partition coefficient (Wildman–Crippen LogP) is 3.68. The van der Waals surface area contributed by atoms with Crippen LogP contribution in [0.4, 0.5) is 0 Å². The van der Waals surface area contributed by atoms with Crippen LogP contribution in [0.5, 0.6) is 5.75 Å². The van der Waals surface area contributed by atoms with Crippen LogP contribution in [-0.2, 0) is 0 Å². The first kappa shape index (κ1) is 18.4. The molecule has 1 aromatic heterocycles. The number of piperidine rings is 1. The highest BCUT2D eigenvalue weighted by Crippen LogP contribution is 2.36. The number of benzene rings is 1. The van der Waals surface area contributed by atoms with Crippen LogP contribution >= 0.6 is 0 Å². The van der Waals surface area contributed by atoms with Gasteiger partial charge in [0.1, 0.15) is 11.9 Å². The molecule has 2 fully saturated rings. The zero-order valence-corrected chi connectivity index (χ0v) is 16.5. The normalized spacial score (nSPS) is 21.9. The Balaban J connectivity index is 1.56. The van der Waals surface area contributed by atoms with Gasteiger partial charge in [0, 0.05) is 24.1 Å². The minimum absolute atomic E-state index is 0.243. The second-order valence-corrected chi connectivity index (χ2v) is 8.08. The second kappa shape index (κ2) is 7.56. The molecule has 144 valence electrons. The average Bonchev–Trinajstić information content (AvgIpc) is 3.53. The summed E-state index contributed by atoms with van der Waals surface area (Å²) < 4.78 is 5.53. The molecule has 1 saturated carbocycles. The van der Waals surface area contributed by atoms with Gasteiger partial charge in [-0.05, 0) is 75.4 Å². The summed E-state index contributed by atoms with van der Waals surface area (Å²) in [7, 11) is 1.67. The van der Waals surface area contributed by atoms with Gasteiger partial charge in [0.25, 0.3) is 0 Å². The number of ether oxygens (including phenoxy) is 1. The molecule has 5 heteroatoms. The highest BCUT2D eigenvalue weighted by molar-refractivity contribution is 5.70. The Morgan fingerprint density at radius 1 is 1.15 bits per heavy atom. The largest absolute Gasteiger partial charge is 0.496 e. The molecule has 0 spiro atoms. The molecule has 5 nitrogen and oxygen atoms in total. The van der Waals surface area contributed by atoms with E-state index in [0.717, 1.165) is 53.6 Å². The summed E-state index contributed by atoms with van der Waals surface area (Å²) in [6.45, 7) is 6.21.